The minimum absolute atomic E-state index is 0.118. The molecule has 0 spiro atoms. The Morgan fingerprint density at radius 2 is 2.32 bits per heavy atom. The van der Waals surface area contributed by atoms with Gasteiger partial charge in [0.2, 0.25) is 5.91 Å². The molecule has 1 aromatic rings. The predicted molar refractivity (Wildman–Crippen MR) is 73.1 cm³/mol. The fourth-order valence-corrected chi connectivity index (χ4v) is 2.62. The van der Waals surface area contributed by atoms with Gasteiger partial charge < -0.3 is 20.5 Å². The van der Waals surface area contributed by atoms with Gasteiger partial charge >= 0.3 is 0 Å². The van der Waals surface area contributed by atoms with Gasteiger partial charge in [0.05, 0.1) is 19.1 Å². The van der Waals surface area contributed by atoms with E-state index < -0.39 is 6.10 Å². The Morgan fingerprint density at radius 3 is 2.84 bits per heavy atom. The molecular weight excluding hydrogens is 244 g/mol. The largest absolute Gasteiger partial charge is 0.496 e. The molecule has 1 saturated heterocycles. The first-order valence-corrected chi connectivity index (χ1v) is 6.43. The van der Waals surface area contributed by atoms with Crippen LogP contribution >= 0.6 is 0 Å². The van der Waals surface area contributed by atoms with E-state index >= 15 is 0 Å². The Labute approximate surface area is 113 Å². The summed E-state index contributed by atoms with van der Waals surface area (Å²) >= 11 is 0. The lowest BCUT2D eigenvalue weighted by Gasteiger charge is -2.24. The number of carbonyl (C=O) groups excluding carboxylic acids is 1. The van der Waals surface area contributed by atoms with Gasteiger partial charge in [-0.3, -0.25) is 4.79 Å². The van der Waals surface area contributed by atoms with Crippen LogP contribution in [0.2, 0.25) is 0 Å². The Bertz CT molecular complexity index is 474. The molecule has 1 aliphatic rings. The molecule has 0 aliphatic carbocycles. The average Bonchev–Trinajstić information content (AvgIpc) is 2.87. The normalized spacial score (nSPS) is 20.4. The first-order chi connectivity index (χ1) is 9.04. The van der Waals surface area contributed by atoms with Crippen LogP contribution in [0.4, 0.5) is 5.69 Å². The molecule has 1 aromatic carbocycles. The van der Waals surface area contributed by atoms with E-state index in [1.807, 2.05) is 18.2 Å². The van der Waals surface area contributed by atoms with Crippen molar-refractivity contribution >= 4 is 11.6 Å². The highest BCUT2D eigenvalue weighted by molar-refractivity contribution is 5.78. The zero-order chi connectivity index (χ0) is 14.0. The molecule has 0 saturated carbocycles. The third-order valence-corrected chi connectivity index (χ3v) is 3.61. The van der Waals surface area contributed by atoms with Crippen LogP contribution in [-0.2, 0) is 4.79 Å². The van der Waals surface area contributed by atoms with Gasteiger partial charge in [-0.05, 0) is 25.5 Å². The fraction of sp³-hybridized carbons (Fsp3) is 0.500. The van der Waals surface area contributed by atoms with Crippen molar-refractivity contribution in [2.75, 3.05) is 25.1 Å². The minimum atomic E-state index is -0.626. The van der Waals surface area contributed by atoms with Crippen molar-refractivity contribution in [3.05, 3.63) is 23.8 Å². The lowest BCUT2D eigenvalue weighted by molar-refractivity contribution is -0.121. The van der Waals surface area contributed by atoms with Crippen molar-refractivity contribution in [2.45, 2.75) is 19.4 Å². The van der Waals surface area contributed by atoms with E-state index in [1.54, 1.807) is 14.0 Å². The summed E-state index contributed by atoms with van der Waals surface area (Å²) < 4.78 is 5.30. The molecule has 1 unspecified atom stereocenters. The molecule has 5 heteroatoms. The number of primary amides is 1. The maximum atomic E-state index is 11.2. The smallest absolute Gasteiger partial charge is 0.222 e. The van der Waals surface area contributed by atoms with Crippen molar-refractivity contribution in [2.24, 2.45) is 11.7 Å². The van der Waals surface area contributed by atoms with Crippen LogP contribution in [-0.4, -0.2) is 31.2 Å². The lowest BCUT2D eigenvalue weighted by Crippen LogP contribution is -2.28. The summed E-state index contributed by atoms with van der Waals surface area (Å²) in [6.45, 7) is 3.08. The average molecular weight is 264 g/mol. The summed E-state index contributed by atoms with van der Waals surface area (Å²) in [4.78, 5) is 13.3. The number of carbonyl (C=O) groups is 1. The van der Waals surface area contributed by atoms with E-state index in [0.717, 1.165) is 24.2 Å². The number of anilines is 1. The third kappa shape index (κ3) is 2.66. The SMILES string of the molecule is COc1cccc(N2CCC(C(N)=O)C2)c1[C@@H](C)O. The third-order valence-electron chi connectivity index (χ3n) is 3.61. The van der Waals surface area contributed by atoms with Gasteiger partial charge in [-0.2, -0.15) is 0 Å². The monoisotopic (exact) mass is 264 g/mol. The van der Waals surface area contributed by atoms with Crippen LogP contribution in [0.25, 0.3) is 0 Å². The number of nitrogens with two attached hydrogens (primary N) is 1. The van der Waals surface area contributed by atoms with Crippen LogP contribution in [0, 0.1) is 5.92 Å². The molecule has 1 amide bonds. The number of methoxy groups -OCH3 is 1. The summed E-state index contributed by atoms with van der Waals surface area (Å²) in [5, 5.41) is 9.95. The first kappa shape index (κ1) is 13.7. The maximum absolute atomic E-state index is 11.2. The van der Waals surface area contributed by atoms with Gasteiger partial charge in [-0.15, -0.1) is 0 Å². The quantitative estimate of drug-likeness (QED) is 0.852. The highest BCUT2D eigenvalue weighted by Gasteiger charge is 2.29. The number of aliphatic hydroxyl groups is 1. The van der Waals surface area contributed by atoms with E-state index in [4.69, 9.17) is 10.5 Å². The molecule has 0 aromatic heterocycles. The number of hydrogen-bond acceptors (Lipinski definition) is 4. The lowest BCUT2D eigenvalue weighted by atomic mass is 10.1. The zero-order valence-electron chi connectivity index (χ0n) is 11.3. The number of benzene rings is 1. The predicted octanol–water partition coefficient (Wildman–Crippen LogP) is 1.06. The molecule has 19 heavy (non-hydrogen) atoms. The van der Waals surface area contributed by atoms with Crippen molar-refractivity contribution in [3.8, 4) is 5.75 Å². The molecule has 1 aliphatic heterocycles. The fourth-order valence-electron chi connectivity index (χ4n) is 2.62. The molecule has 0 bridgehead atoms. The molecule has 3 N–H and O–H groups in total. The summed E-state index contributed by atoms with van der Waals surface area (Å²) in [5.74, 6) is 0.284. The van der Waals surface area contributed by atoms with Gasteiger partial charge in [0.25, 0.3) is 0 Å². The number of nitrogens with zero attached hydrogens (tertiary/aromatic N) is 1. The van der Waals surface area contributed by atoms with Crippen LogP contribution in [0.1, 0.15) is 25.0 Å². The van der Waals surface area contributed by atoms with Crippen molar-refractivity contribution in [3.63, 3.8) is 0 Å². The Hall–Kier alpha value is -1.75. The number of aliphatic hydroxyl groups excluding tert-OH is 1. The number of rotatable bonds is 4. The minimum Gasteiger partial charge on any atom is -0.496 e. The number of ether oxygens (including phenoxy) is 1. The van der Waals surface area contributed by atoms with Crippen LogP contribution < -0.4 is 15.4 Å². The van der Waals surface area contributed by atoms with Crippen LogP contribution in [0.5, 0.6) is 5.75 Å². The van der Waals surface area contributed by atoms with Gasteiger partial charge in [0.1, 0.15) is 5.75 Å². The topological polar surface area (TPSA) is 75.8 Å². The summed E-state index contributed by atoms with van der Waals surface area (Å²) in [6.07, 6.45) is 0.130. The second-order valence-electron chi connectivity index (χ2n) is 4.90. The Morgan fingerprint density at radius 1 is 1.58 bits per heavy atom. The molecule has 2 rings (SSSR count). The second kappa shape index (κ2) is 5.48. The standard InChI is InChI=1S/C14H20N2O3/c1-9(17)13-11(4-3-5-12(13)19-2)16-7-6-10(8-16)14(15)18/h3-5,9-10,17H,6-8H2,1-2H3,(H2,15,18)/t9-,10?/m1/s1. The molecule has 104 valence electrons. The molecule has 2 atom stereocenters. The van der Waals surface area contributed by atoms with Crippen LogP contribution in [0.15, 0.2) is 18.2 Å². The molecule has 1 heterocycles. The van der Waals surface area contributed by atoms with E-state index in [-0.39, 0.29) is 11.8 Å². The molecular formula is C14H20N2O3. The Balaban J connectivity index is 2.33. The molecule has 0 radical (unpaired) electrons. The molecule has 5 nitrogen and oxygen atoms in total. The molecule has 1 fully saturated rings. The van der Waals surface area contributed by atoms with Crippen molar-refractivity contribution in [1.82, 2.24) is 0 Å². The van der Waals surface area contributed by atoms with E-state index in [0.29, 0.717) is 12.3 Å². The second-order valence-corrected chi connectivity index (χ2v) is 4.90. The van der Waals surface area contributed by atoms with Gasteiger partial charge in [-0.1, -0.05) is 6.07 Å². The highest BCUT2D eigenvalue weighted by atomic mass is 16.5. The Kier molecular flexibility index (Phi) is 3.95. The zero-order valence-corrected chi connectivity index (χ0v) is 11.3. The number of amides is 1. The van der Waals surface area contributed by atoms with Gasteiger partial charge in [-0.25, -0.2) is 0 Å². The summed E-state index contributed by atoms with van der Waals surface area (Å²) in [6, 6.07) is 5.65. The van der Waals surface area contributed by atoms with E-state index in [9.17, 15) is 9.90 Å². The number of hydrogen-bond donors (Lipinski definition) is 2. The maximum Gasteiger partial charge on any atom is 0.222 e. The van der Waals surface area contributed by atoms with E-state index in [1.165, 1.54) is 0 Å². The van der Waals surface area contributed by atoms with Crippen molar-refractivity contribution in [1.29, 1.82) is 0 Å². The highest BCUT2D eigenvalue weighted by Crippen LogP contribution is 2.36. The van der Waals surface area contributed by atoms with Crippen molar-refractivity contribution < 1.29 is 14.6 Å². The summed E-state index contributed by atoms with van der Waals surface area (Å²) in [5.41, 5.74) is 7.03. The van der Waals surface area contributed by atoms with Crippen LogP contribution in [0.3, 0.4) is 0 Å². The summed E-state index contributed by atoms with van der Waals surface area (Å²) in [7, 11) is 1.58. The first-order valence-electron chi connectivity index (χ1n) is 6.43. The van der Waals surface area contributed by atoms with E-state index in [2.05, 4.69) is 4.90 Å². The van der Waals surface area contributed by atoms with Gasteiger partial charge in [0, 0.05) is 24.3 Å². The van der Waals surface area contributed by atoms with Gasteiger partial charge in [0.15, 0.2) is 0 Å².